The van der Waals surface area contributed by atoms with Crippen LogP contribution in [0, 0.1) is 0 Å². The number of nitrogens with one attached hydrogen (secondary N) is 1. The Hall–Kier alpha value is -3.06. The minimum absolute atomic E-state index is 0.0879. The van der Waals surface area contributed by atoms with Gasteiger partial charge in [-0.25, -0.2) is 0 Å². The minimum atomic E-state index is -0.149. The predicted molar refractivity (Wildman–Crippen MR) is 99.3 cm³/mol. The molecule has 26 heavy (non-hydrogen) atoms. The number of thiophene rings is 1. The van der Waals surface area contributed by atoms with Crippen molar-refractivity contribution in [3.8, 4) is 0 Å². The monoisotopic (exact) mass is 364 g/mol. The predicted octanol–water partition coefficient (Wildman–Crippen LogP) is 2.67. The maximum absolute atomic E-state index is 12.7. The molecule has 1 N–H and O–H groups in total. The van der Waals surface area contributed by atoms with Crippen molar-refractivity contribution in [2.24, 2.45) is 0 Å². The zero-order chi connectivity index (χ0) is 17.9. The van der Waals surface area contributed by atoms with Crippen molar-refractivity contribution in [3.05, 3.63) is 76.0 Å². The van der Waals surface area contributed by atoms with E-state index in [0.717, 1.165) is 22.7 Å². The molecule has 2 amide bonds. The van der Waals surface area contributed by atoms with E-state index in [2.05, 4.69) is 15.3 Å². The van der Waals surface area contributed by atoms with E-state index in [1.807, 2.05) is 18.2 Å². The Kier molecular flexibility index (Phi) is 4.45. The third-order valence-electron chi connectivity index (χ3n) is 4.17. The highest BCUT2D eigenvalue weighted by molar-refractivity contribution is 7.14. The fourth-order valence-corrected chi connectivity index (χ4v) is 3.96. The summed E-state index contributed by atoms with van der Waals surface area (Å²) in [7, 11) is 0. The van der Waals surface area contributed by atoms with Crippen molar-refractivity contribution < 1.29 is 9.59 Å². The van der Waals surface area contributed by atoms with Gasteiger partial charge in [-0.15, -0.1) is 11.3 Å². The molecule has 0 aromatic carbocycles. The van der Waals surface area contributed by atoms with E-state index in [-0.39, 0.29) is 11.8 Å². The Morgan fingerprint density at radius 1 is 1.19 bits per heavy atom. The third kappa shape index (κ3) is 3.21. The van der Waals surface area contributed by atoms with Crippen LogP contribution >= 0.6 is 11.3 Å². The molecule has 7 heteroatoms. The number of fused-ring (bicyclic) bond motifs is 1. The van der Waals surface area contributed by atoms with Crippen molar-refractivity contribution >= 4 is 28.8 Å². The molecule has 3 aromatic heterocycles. The topological polar surface area (TPSA) is 75.2 Å². The number of hydrogen-bond acceptors (Lipinski definition) is 5. The molecular formula is C19H16N4O2S. The highest BCUT2D eigenvalue weighted by Crippen LogP contribution is 2.36. The van der Waals surface area contributed by atoms with Crippen LogP contribution in [0.3, 0.4) is 0 Å². The van der Waals surface area contributed by atoms with Gasteiger partial charge in [-0.2, -0.15) is 0 Å². The van der Waals surface area contributed by atoms with Crippen LogP contribution in [0.4, 0.5) is 5.69 Å². The number of anilines is 1. The summed E-state index contributed by atoms with van der Waals surface area (Å²) in [5.41, 5.74) is 2.18. The van der Waals surface area contributed by atoms with Crippen LogP contribution in [-0.2, 0) is 13.0 Å². The second kappa shape index (κ2) is 7.05. The molecule has 0 fully saturated rings. The first-order valence-corrected chi connectivity index (χ1v) is 9.07. The van der Waals surface area contributed by atoms with Crippen LogP contribution in [0.1, 0.15) is 30.6 Å². The van der Waals surface area contributed by atoms with Gasteiger partial charge in [-0.05, 0) is 30.3 Å². The highest BCUT2D eigenvalue weighted by atomic mass is 32.1. The molecule has 1 aliphatic rings. The second-order valence-electron chi connectivity index (χ2n) is 5.87. The quantitative estimate of drug-likeness (QED) is 0.772. The Morgan fingerprint density at radius 2 is 2.12 bits per heavy atom. The average Bonchev–Trinajstić information content (AvgIpc) is 3.28. The molecular weight excluding hydrogens is 348 g/mol. The molecule has 4 heterocycles. The number of carbonyl (C=O) groups excluding carboxylic acids is 2. The lowest BCUT2D eigenvalue weighted by atomic mass is 10.2. The molecule has 3 aromatic rings. The van der Waals surface area contributed by atoms with Gasteiger partial charge in [0.1, 0.15) is 0 Å². The molecule has 0 aliphatic carbocycles. The normalized spacial score (nSPS) is 12.7. The Labute approximate surface area is 154 Å². The van der Waals surface area contributed by atoms with Crippen molar-refractivity contribution in [1.29, 1.82) is 0 Å². The number of carbonyl (C=O) groups is 2. The van der Waals surface area contributed by atoms with Gasteiger partial charge in [0.15, 0.2) is 0 Å². The Morgan fingerprint density at radius 3 is 2.88 bits per heavy atom. The first-order chi connectivity index (χ1) is 12.7. The Balaban J connectivity index is 1.48. The van der Waals surface area contributed by atoms with E-state index >= 15 is 0 Å². The number of aromatic nitrogens is 2. The zero-order valence-corrected chi connectivity index (χ0v) is 14.7. The maximum Gasteiger partial charge on any atom is 0.261 e. The molecule has 0 bridgehead atoms. The summed E-state index contributed by atoms with van der Waals surface area (Å²) < 4.78 is 0. The minimum Gasteiger partial charge on any atom is -0.346 e. The Bertz CT molecular complexity index is 941. The molecule has 0 saturated heterocycles. The van der Waals surface area contributed by atoms with Gasteiger partial charge in [-0.3, -0.25) is 19.6 Å². The van der Waals surface area contributed by atoms with E-state index in [1.54, 1.807) is 41.7 Å². The molecule has 130 valence electrons. The average molecular weight is 364 g/mol. The molecule has 0 radical (unpaired) electrons. The summed E-state index contributed by atoms with van der Waals surface area (Å²) in [4.78, 5) is 36.7. The van der Waals surface area contributed by atoms with Crippen LogP contribution in [-0.4, -0.2) is 28.3 Å². The lowest BCUT2D eigenvalue weighted by Gasteiger charge is -2.15. The standard InChI is InChI=1S/C19H16N4O2S/c24-18(22-12-14-5-1-2-8-21-14)17-10-15-16(26-17)6-9-23(15)19(25)13-4-3-7-20-11-13/h1-5,7-8,10-11H,6,9,12H2,(H,22,24). The highest BCUT2D eigenvalue weighted by Gasteiger charge is 2.29. The summed E-state index contributed by atoms with van der Waals surface area (Å²) in [6.07, 6.45) is 5.66. The smallest absolute Gasteiger partial charge is 0.261 e. The first kappa shape index (κ1) is 16.4. The first-order valence-electron chi connectivity index (χ1n) is 8.25. The van der Waals surface area contributed by atoms with Gasteiger partial charge in [0.25, 0.3) is 11.8 Å². The van der Waals surface area contributed by atoms with E-state index < -0.39 is 0 Å². The van der Waals surface area contributed by atoms with Crippen LogP contribution < -0.4 is 10.2 Å². The van der Waals surface area contributed by atoms with Crippen molar-refractivity contribution in [2.75, 3.05) is 11.4 Å². The van der Waals surface area contributed by atoms with E-state index in [9.17, 15) is 9.59 Å². The summed E-state index contributed by atoms with van der Waals surface area (Å²) in [6.45, 7) is 1.01. The molecule has 0 saturated carbocycles. The van der Waals surface area contributed by atoms with E-state index in [0.29, 0.717) is 23.5 Å². The summed E-state index contributed by atoms with van der Waals surface area (Å²) in [6, 6.07) is 10.9. The lowest BCUT2D eigenvalue weighted by molar-refractivity contribution is 0.0951. The second-order valence-corrected chi connectivity index (χ2v) is 7.01. The van der Waals surface area contributed by atoms with Crippen molar-refractivity contribution in [1.82, 2.24) is 15.3 Å². The summed E-state index contributed by atoms with van der Waals surface area (Å²) in [5, 5.41) is 2.88. The van der Waals surface area contributed by atoms with E-state index in [4.69, 9.17) is 0 Å². The number of nitrogens with zero attached hydrogens (tertiary/aromatic N) is 3. The summed E-state index contributed by atoms with van der Waals surface area (Å²) in [5.74, 6) is -0.237. The fraction of sp³-hybridized carbons (Fsp3) is 0.158. The SMILES string of the molecule is O=C(NCc1ccccn1)c1cc2c(s1)CCN2C(=O)c1cccnc1. The third-order valence-corrected chi connectivity index (χ3v) is 5.36. The number of pyridine rings is 2. The number of amides is 2. The van der Waals surface area contributed by atoms with Crippen LogP contribution in [0.15, 0.2) is 55.0 Å². The van der Waals surface area contributed by atoms with Gasteiger partial charge in [0, 0.05) is 36.4 Å². The maximum atomic E-state index is 12.7. The molecule has 6 nitrogen and oxygen atoms in total. The molecule has 4 rings (SSSR count). The molecule has 1 aliphatic heterocycles. The van der Waals surface area contributed by atoms with Gasteiger partial charge in [0.2, 0.25) is 0 Å². The van der Waals surface area contributed by atoms with Crippen molar-refractivity contribution in [2.45, 2.75) is 13.0 Å². The largest absolute Gasteiger partial charge is 0.346 e. The molecule has 0 spiro atoms. The summed E-state index contributed by atoms with van der Waals surface area (Å²) >= 11 is 1.44. The van der Waals surface area contributed by atoms with Gasteiger partial charge in [0.05, 0.1) is 28.4 Å². The van der Waals surface area contributed by atoms with Gasteiger partial charge >= 0.3 is 0 Å². The lowest BCUT2D eigenvalue weighted by Crippen LogP contribution is -2.29. The van der Waals surface area contributed by atoms with Crippen molar-refractivity contribution in [3.63, 3.8) is 0 Å². The van der Waals surface area contributed by atoms with Crippen LogP contribution in [0.5, 0.6) is 0 Å². The van der Waals surface area contributed by atoms with Gasteiger partial charge < -0.3 is 10.2 Å². The fourth-order valence-electron chi connectivity index (χ4n) is 2.89. The molecule has 0 atom stereocenters. The zero-order valence-electron chi connectivity index (χ0n) is 13.9. The van der Waals surface area contributed by atoms with Crippen LogP contribution in [0.25, 0.3) is 0 Å². The van der Waals surface area contributed by atoms with Gasteiger partial charge in [-0.1, -0.05) is 6.07 Å². The van der Waals surface area contributed by atoms with E-state index in [1.165, 1.54) is 11.3 Å². The molecule has 0 unspecified atom stereocenters. The number of rotatable bonds is 4. The van der Waals surface area contributed by atoms with Crippen LogP contribution in [0.2, 0.25) is 0 Å². The number of hydrogen-bond donors (Lipinski definition) is 1.